The van der Waals surface area contributed by atoms with Crippen molar-refractivity contribution in [2.75, 3.05) is 13.1 Å². The van der Waals surface area contributed by atoms with Crippen molar-refractivity contribution in [1.29, 1.82) is 0 Å². The van der Waals surface area contributed by atoms with Crippen molar-refractivity contribution in [2.45, 2.75) is 44.9 Å². The molecule has 1 saturated heterocycles. The Morgan fingerprint density at radius 1 is 1.38 bits per heavy atom. The van der Waals surface area contributed by atoms with Gasteiger partial charge in [0.2, 0.25) is 0 Å². The Kier molecular flexibility index (Phi) is 2.13. The van der Waals surface area contributed by atoms with E-state index in [4.69, 9.17) is 0 Å². The molecule has 0 amide bonds. The fraction of sp³-hybridized carbons (Fsp3) is 1.00. The molecule has 1 heterocycles. The molecule has 3 nitrogen and oxygen atoms in total. The molecule has 0 aromatic rings. The average molecular weight is 185 g/mol. The SMILES string of the molecule is CC(O)C(C)N1CC(O)C2(CC2)C1. The lowest BCUT2D eigenvalue weighted by Gasteiger charge is -2.26. The van der Waals surface area contributed by atoms with Gasteiger partial charge in [-0.25, -0.2) is 0 Å². The van der Waals surface area contributed by atoms with Crippen molar-refractivity contribution < 1.29 is 10.2 Å². The number of β-amino-alcohol motifs (C(OH)–C–C–N with tert-alkyl or cyclic N) is 1. The Hall–Kier alpha value is -0.120. The zero-order valence-corrected chi connectivity index (χ0v) is 8.40. The minimum atomic E-state index is -0.305. The highest BCUT2D eigenvalue weighted by Crippen LogP contribution is 2.53. The van der Waals surface area contributed by atoms with Gasteiger partial charge >= 0.3 is 0 Å². The summed E-state index contributed by atoms with van der Waals surface area (Å²) in [5.41, 5.74) is 0.211. The summed E-state index contributed by atoms with van der Waals surface area (Å²) in [6.45, 7) is 5.56. The molecule has 3 unspecified atom stereocenters. The second-order valence-corrected chi connectivity index (χ2v) is 4.79. The molecule has 0 radical (unpaired) electrons. The first-order valence-corrected chi connectivity index (χ1v) is 5.15. The quantitative estimate of drug-likeness (QED) is 0.646. The fourth-order valence-electron chi connectivity index (χ4n) is 2.26. The van der Waals surface area contributed by atoms with Crippen LogP contribution < -0.4 is 0 Å². The van der Waals surface area contributed by atoms with Gasteiger partial charge in [-0.1, -0.05) is 0 Å². The minimum Gasteiger partial charge on any atom is -0.392 e. The zero-order valence-electron chi connectivity index (χ0n) is 8.40. The Morgan fingerprint density at radius 3 is 2.38 bits per heavy atom. The number of aliphatic hydroxyl groups is 2. The molecule has 2 N–H and O–H groups in total. The van der Waals surface area contributed by atoms with E-state index in [1.54, 1.807) is 0 Å². The van der Waals surface area contributed by atoms with Gasteiger partial charge in [0.15, 0.2) is 0 Å². The van der Waals surface area contributed by atoms with Gasteiger partial charge in [0.05, 0.1) is 12.2 Å². The lowest BCUT2D eigenvalue weighted by molar-refractivity contribution is 0.0751. The van der Waals surface area contributed by atoms with Gasteiger partial charge in [0.1, 0.15) is 0 Å². The van der Waals surface area contributed by atoms with Crippen LogP contribution in [0.4, 0.5) is 0 Å². The Bertz CT molecular complexity index is 201. The average Bonchev–Trinajstić information content (AvgIpc) is 2.75. The van der Waals surface area contributed by atoms with Crippen LogP contribution in [0, 0.1) is 5.41 Å². The van der Waals surface area contributed by atoms with Crippen LogP contribution in [0.15, 0.2) is 0 Å². The first-order valence-electron chi connectivity index (χ1n) is 5.15. The molecule has 2 fully saturated rings. The smallest absolute Gasteiger partial charge is 0.0735 e. The summed E-state index contributed by atoms with van der Waals surface area (Å²) in [5.74, 6) is 0. The van der Waals surface area contributed by atoms with Crippen LogP contribution in [0.25, 0.3) is 0 Å². The maximum atomic E-state index is 9.80. The molecule has 3 atom stereocenters. The molecule has 2 aliphatic rings. The Balaban J connectivity index is 1.97. The van der Waals surface area contributed by atoms with E-state index in [2.05, 4.69) is 4.90 Å². The lowest BCUT2D eigenvalue weighted by Crippen LogP contribution is -2.39. The number of hydrogen-bond donors (Lipinski definition) is 2. The fourth-order valence-corrected chi connectivity index (χ4v) is 2.26. The van der Waals surface area contributed by atoms with E-state index in [9.17, 15) is 10.2 Å². The zero-order chi connectivity index (χ0) is 9.64. The molecule has 0 aromatic carbocycles. The highest BCUT2D eigenvalue weighted by molar-refractivity contribution is 5.07. The van der Waals surface area contributed by atoms with Crippen LogP contribution in [0.5, 0.6) is 0 Å². The maximum absolute atomic E-state index is 9.80. The Labute approximate surface area is 79.4 Å². The summed E-state index contributed by atoms with van der Waals surface area (Å²) in [6.07, 6.45) is 1.86. The summed E-state index contributed by atoms with van der Waals surface area (Å²) in [6, 6.07) is 0.176. The van der Waals surface area contributed by atoms with E-state index in [1.807, 2.05) is 13.8 Å². The summed E-state index contributed by atoms with van der Waals surface area (Å²) in [4.78, 5) is 2.21. The molecule has 1 aliphatic carbocycles. The second kappa shape index (κ2) is 2.94. The van der Waals surface area contributed by atoms with Gasteiger partial charge in [0, 0.05) is 24.5 Å². The van der Waals surface area contributed by atoms with Crippen LogP contribution in [0.1, 0.15) is 26.7 Å². The van der Waals surface area contributed by atoms with Crippen molar-refractivity contribution in [3.63, 3.8) is 0 Å². The van der Waals surface area contributed by atoms with Crippen molar-refractivity contribution in [3.8, 4) is 0 Å². The monoisotopic (exact) mass is 185 g/mol. The predicted octanol–water partition coefficient (Wildman–Crippen LogP) is 0.212. The predicted molar refractivity (Wildman–Crippen MR) is 50.4 cm³/mol. The second-order valence-electron chi connectivity index (χ2n) is 4.79. The van der Waals surface area contributed by atoms with E-state index in [0.29, 0.717) is 0 Å². The van der Waals surface area contributed by atoms with Crippen molar-refractivity contribution in [2.24, 2.45) is 5.41 Å². The van der Waals surface area contributed by atoms with Gasteiger partial charge < -0.3 is 10.2 Å². The summed E-state index contributed by atoms with van der Waals surface area (Å²) in [7, 11) is 0. The maximum Gasteiger partial charge on any atom is 0.0735 e. The molecule has 3 heteroatoms. The number of nitrogens with zero attached hydrogens (tertiary/aromatic N) is 1. The molecular weight excluding hydrogens is 166 g/mol. The van der Waals surface area contributed by atoms with Crippen molar-refractivity contribution >= 4 is 0 Å². The van der Waals surface area contributed by atoms with E-state index < -0.39 is 0 Å². The lowest BCUT2D eigenvalue weighted by atomic mass is 10.0. The van der Waals surface area contributed by atoms with Gasteiger partial charge in [0.25, 0.3) is 0 Å². The van der Waals surface area contributed by atoms with Gasteiger partial charge in [-0.3, -0.25) is 4.90 Å². The first-order chi connectivity index (χ1) is 6.05. The van der Waals surface area contributed by atoms with Gasteiger partial charge in [-0.2, -0.15) is 0 Å². The van der Waals surface area contributed by atoms with Crippen LogP contribution in [-0.4, -0.2) is 46.5 Å². The van der Waals surface area contributed by atoms with Crippen molar-refractivity contribution in [1.82, 2.24) is 4.90 Å². The topological polar surface area (TPSA) is 43.7 Å². The van der Waals surface area contributed by atoms with Crippen molar-refractivity contribution in [3.05, 3.63) is 0 Å². The molecule has 1 spiro atoms. The van der Waals surface area contributed by atoms with Gasteiger partial charge in [-0.05, 0) is 26.7 Å². The Morgan fingerprint density at radius 2 is 2.00 bits per heavy atom. The normalized spacial score (nSPS) is 36.5. The molecular formula is C10H19NO2. The highest BCUT2D eigenvalue weighted by atomic mass is 16.3. The molecule has 1 saturated carbocycles. The minimum absolute atomic E-state index is 0.159. The van der Waals surface area contributed by atoms with Crippen LogP contribution in [0.2, 0.25) is 0 Å². The van der Waals surface area contributed by atoms with Crippen LogP contribution >= 0.6 is 0 Å². The molecule has 0 bridgehead atoms. The molecule has 76 valence electrons. The summed E-state index contributed by atoms with van der Waals surface area (Å²) < 4.78 is 0. The van der Waals surface area contributed by atoms with E-state index >= 15 is 0 Å². The standard InChI is InChI=1S/C10H19NO2/c1-7(8(2)12)11-5-9(13)10(6-11)3-4-10/h7-9,12-13H,3-6H2,1-2H3. The third kappa shape index (κ3) is 1.49. The molecule has 13 heavy (non-hydrogen) atoms. The van der Waals surface area contributed by atoms with Crippen LogP contribution in [0.3, 0.4) is 0 Å². The number of aliphatic hydroxyl groups excluding tert-OH is 2. The summed E-state index contributed by atoms with van der Waals surface area (Å²) >= 11 is 0. The van der Waals surface area contributed by atoms with E-state index in [1.165, 1.54) is 0 Å². The highest BCUT2D eigenvalue weighted by Gasteiger charge is 2.55. The van der Waals surface area contributed by atoms with E-state index in [-0.39, 0.29) is 23.7 Å². The number of rotatable bonds is 2. The molecule has 0 aromatic heterocycles. The van der Waals surface area contributed by atoms with E-state index in [0.717, 1.165) is 25.9 Å². The van der Waals surface area contributed by atoms with Crippen LogP contribution in [-0.2, 0) is 0 Å². The molecule has 2 rings (SSSR count). The third-order valence-corrected chi connectivity index (χ3v) is 3.80. The van der Waals surface area contributed by atoms with Gasteiger partial charge in [-0.15, -0.1) is 0 Å². The summed E-state index contributed by atoms with van der Waals surface area (Å²) in [5, 5.41) is 19.2. The molecule has 1 aliphatic heterocycles. The largest absolute Gasteiger partial charge is 0.392 e. The number of likely N-dealkylation sites (tertiary alicyclic amines) is 1. The third-order valence-electron chi connectivity index (χ3n) is 3.80. The number of hydrogen-bond acceptors (Lipinski definition) is 3. The first kappa shape index (κ1) is 9.44.